The maximum atomic E-state index is 10.8. The van der Waals surface area contributed by atoms with Crippen molar-refractivity contribution in [3.8, 4) is 0 Å². The predicted octanol–water partition coefficient (Wildman–Crippen LogP) is 2.05. The minimum Gasteiger partial charge on any atom is -0.480 e. The van der Waals surface area contributed by atoms with Crippen LogP contribution >= 0.6 is 12.4 Å². The SMILES string of the molecule is Cl.O=C(O)[C@@H]1C[C@H](C2CCCCC2)CN1. The second kappa shape index (κ2) is 5.71. The molecule has 1 aliphatic carbocycles. The Morgan fingerprint density at radius 2 is 1.80 bits per heavy atom. The predicted molar refractivity (Wildman–Crippen MR) is 61.4 cm³/mol. The van der Waals surface area contributed by atoms with E-state index in [0.717, 1.165) is 18.9 Å². The van der Waals surface area contributed by atoms with E-state index in [9.17, 15) is 4.79 Å². The molecule has 3 nitrogen and oxygen atoms in total. The number of aliphatic carboxylic acids is 1. The average molecular weight is 234 g/mol. The average Bonchev–Trinajstić information content (AvgIpc) is 2.68. The third-order valence-electron chi connectivity index (χ3n) is 3.78. The fourth-order valence-corrected chi connectivity index (χ4v) is 2.92. The van der Waals surface area contributed by atoms with Gasteiger partial charge in [0.1, 0.15) is 6.04 Å². The molecular weight excluding hydrogens is 214 g/mol. The van der Waals surface area contributed by atoms with Gasteiger partial charge < -0.3 is 10.4 Å². The maximum Gasteiger partial charge on any atom is 0.320 e. The van der Waals surface area contributed by atoms with E-state index in [1.165, 1.54) is 32.1 Å². The first-order chi connectivity index (χ1) is 6.77. The van der Waals surface area contributed by atoms with Crippen molar-refractivity contribution in [3.63, 3.8) is 0 Å². The van der Waals surface area contributed by atoms with Crippen LogP contribution in [0, 0.1) is 11.8 Å². The van der Waals surface area contributed by atoms with Crippen LogP contribution in [0.4, 0.5) is 0 Å². The Hall–Kier alpha value is -0.280. The molecule has 0 aromatic rings. The van der Waals surface area contributed by atoms with E-state index in [0.29, 0.717) is 5.92 Å². The summed E-state index contributed by atoms with van der Waals surface area (Å²) in [6.45, 7) is 0.918. The first-order valence-electron chi connectivity index (χ1n) is 5.73. The highest BCUT2D eigenvalue weighted by molar-refractivity contribution is 5.85. The number of carboxylic acid groups (broad SMARTS) is 1. The lowest BCUT2D eigenvalue weighted by Crippen LogP contribution is -2.29. The largest absolute Gasteiger partial charge is 0.480 e. The van der Waals surface area contributed by atoms with Crippen LogP contribution in [-0.4, -0.2) is 23.7 Å². The van der Waals surface area contributed by atoms with Crippen molar-refractivity contribution in [3.05, 3.63) is 0 Å². The van der Waals surface area contributed by atoms with Crippen molar-refractivity contribution in [1.82, 2.24) is 5.32 Å². The summed E-state index contributed by atoms with van der Waals surface area (Å²) in [5.74, 6) is 0.736. The zero-order chi connectivity index (χ0) is 9.97. The molecule has 4 heteroatoms. The molecule has 0 radical (unpaired) electrons. The second-order valence-corrected chi connectivity index (χ2v) is 4.69. The van der Waals surface area contributed by atoms with E-state index in [1.807, 2.05) is 0 Å². The number of carboxylic acids is 1. The Labute approximate surface area is 97.0 Å². The van der Waals surface area contributed by atoms with Crippen LogP contribution in [0.1, 0.15) is 38.5 Å². The molecule has 1 saturated carbocycles. The second-order valence-electron chi connectivity index (χ2n) is 4.69. The molecule has 1 aliphatic heterocycles. The summed E-state index contributed by atoms with van der Waals surface area (Å²) >= 11 is 0. The number of nitrogens with one attached hydrogen (secondary N) is 1. The Bertz CT molecular complexity index is 217. The molecule has 2 aliphatic rings. The molecule has 0 bridgehead atoms. The van der Waals surface area contributed by atoms with Gasteiger partial charge in [0.15, 0.2) is 0 Å². The van der Waals surface area contributed by atoms with Gasteiger partial charge in [-0.05, 0) is 24.8 Å². The summed E-state index contributed by atoms with van der Waals surface area (Å²) in [6, 6.07) is -0.276. The number of hydrogen-bond donors (Lipinski definition) is 2. The van der Waals surface area contributed by atoms with Crippen LogP contribution in [0.2, 0.25) is 0 Å². The van der Waals surface area contributed by atoms with E-state index in [-0.39, 0.29) is 18.4 Å². The van der Waals surface area contributed by atoms with E-state index >= 15 is 0 Å². The maximum absolute atomic E-state index is 10.8. The number of carbonyl (C=O) groups is 1. The highest BCUT2D eigenvalue weighted by atomic mass is 35.5. The van der Waals surface area contributed by atoms with Gasteiger partial charge in [-0.3, -0.25) is 4.79 Å². The van der Waals surface area contributed by atoms with Crippen molar-refractivity contribution < 1.29 is 9.90 Å². The highest BCUT2D eigenvalue weighted by Crippen LogP contribution is 2.34. The molecule has 15 heavy (non-hydrogen) atoms. The molecule has 0 unspecified atom stereocenters. The molecule has 2 fully saturated rings. The molecule has 0 aromatic heterocycles. The molecule has 88 valence electrons. The number of hydrogen-bond acceptors (Lipinski definition) is 2. The van der Waals surface area contributed by atoms with E-state index in [1.54, 1.807) is 0 Å². The van der Waals surface area contributed by atoms with Gasteiger partial charge in [-0.25, -0.2) is 0 Å². The van der Waals surface area contributed by atoms with Crippen LogP contribution in [0.15, 0.2) is 0 Å². The van der Waals surface area contributed by atoms with E-state index in [2.05, 4.69) is 5.32 Å². The summed E-state index contributed by atoms with van der Waals surface area (Å²) in [5, 5.41) is 12.0. The van der Waals surface area contributed by atoms with Crippen LogP contribution in [0.5, 0.6) is 0 Å². The normalized spacial score (nSPS) is 32.3. The van der Waals surface area contributed by atoms with Gasteiger partial charge >= 0.3 is 5.97 Å². The molecule has 2 atom stereocenters. The van der Waals surface area contributed by atoms with Gasteiger partial charge in [0.05, 0.1) is 0 Å². The van der Waals surface area contributed by atoms with Gasteiger partial charge in [-0.15, -0.1) is 12.4 Å². The van der Waals surface area contributed by atoms with Crippen molar-refractivity contribution in [2.75, 3.05) is 6.54 Å². The molecule has 0 aromatic carbocycles. The van der Waals surface area contributed by atoms with Gasteiger partial charge in [-0.1, -0.05) is 32.1 Å². The lowest BCUT2D eigenvalue weighted by Gasteiger charge is -2.26. The third kappa shape index (κ3) is 3.08. The van der Waals surface area contributed by atoms with Crippen LogP contribution in [0.25, 0.3) is 0 Å². The van der Waals surface area contributed by atoms with Gasteiger partial charge in [0.25, 0.3) is 0 Å². The zero-order valence-electron chi connectivity index (χ0n) is 8.95. The fourth-order valence-electron chi connectivity index (χ4n) is 2.92. The summed E-state index contributed by atoms with van der Waals surface area (Å²) in [4.78, 5) is 10.8. The first-order valence-corrected chi connectivity index (χ1v) is 5.73. The molecular formula is C11H20ClNO2. The molecule has 0 spiro atoms. The third-order valence-corrected chi connectivity index (χ3v) is 3.78. The summed E-state index contributed by atoms with van der Waals surface area (Å²) in [7, 11) is 0. The molecule has 2 N–H and O–H groups in total. The highest BCUT2D eigenvalue weighted by Gasteiger charge is 2.34. The summed E-state index contributed by atoms with van der Waals surface area (Å²) < 4.78 is 0. The molecule has 1 saturated heterocycles. The summed E-state index contributed by atoms with van der Waals surface area (Å²) in [5.41, 5.74) is 0. The van der Waals surface area contributed by atoms with Crippen LogP contribution in [-0.2, 0) is 4.79 Å². The minimum absolute atomic E-state index is 0. The van der Waals surface area contributed by atoms with Crippen molar-refractivity contribution in [1.29, 1.82) is 0 Å². The van der Waals surface area contributed by atoms with Gasteiger partial charge in [0.2, 0.25) is 0 Å². The van der Waals surface area contributed by atoms with E-state index < -0.39 is 5.97 Å². The Morgan fingerprint density at radius 1 is 1.13 bits per heavy atom. The van der Waals surface area contributed by atoms with Gasteiger partial charge in [0, 0.05) is 0 Å². The Balaban J connectivity index is 0.00000112. The molecule has 2 rings (SSSR count). The number of halogens is 1. The molecule has 0 amide bonds. The van der Waals surface area contributed by atoms with E-state index in [4.69, 9.17) is 5.11 Å². The fraction of sp³-hybridized carbons (Fsp3) is 0.909. The van der Waals surface area contributed by atoms with Crippen LogP contribution in [0.3, 0.4) is 0 Å². The Morgan fingerprint density at radius 3 is 2.33 bits per heavy atom. The zero-order valence-corrected chi connectivity index (χ0v) is 9.76. The monoisotopic (exact) mass is 233 g/mol. The van der Waals surface area contributed by atoms with Gasteiger partial charge in [-0.2, -0.15) is 0 Å². The first kappa shape index (κ1) is 12.8. The lowest BCUT2D eigenvalue weighted by molar-refractivity contribution is -0.139. The van der Waals surface area contributed by atoms with Crippen molar-refractivity contribution in [2.45, 2.75) is 44.6 Å². The standard InChI is InChI=1S/C11H19NO2.ClH/c13-11(14)10-6-9(7-12-10)8-4-2-1-3-5-8;/h8-10,12H,1-7H2,(H,13,14);1H/t9-,10-;/m0./s1. The van der Waals surface area contributed by atoms with Crippen molar-refractivity contribution in [2.24, 2.45) is 11.8 Å². The Kier molecular flexibility index (Phi) is 4.87. The molecule has 1 heterocycles. The lowest BCUT2D eigenvalue weighted by atomic mass is 9.79. The van der Waals surface area contributed by atoms with Crippen molar-refractivity contribution >= 4 is 18.4 Å². The van der Waals surface area contributed by atoms with Crippen LogP contribution < -0.4 is 5.32 Å². The smallest absolute Gasteiger partial charge is 0.320 e. The number of rotatable bonds is 2. The minimum atomic E-state index is -0.677. The topological polar surface area (TPSA) is 49.3 Å². The quantitative estimate of drug-likeness (QED) is 0.768. The summed E-state index contributed by atoms with van der Waals surface area (Å²) in [6.07, 6.45) is 7.55.